The summed E-state index contributed by atoms with van der Waals surface area (Å²) in [5.41, 5.74) is 2.59. The van der Waals surface area contributed by atoms with Gasteiger partial charge in [0.25, 0.3) is 0 Å². The van der Waals surface area contributed by atoms with Crippen LogP contribution in [0.4, 0.5) is 0 Å². The molecule has 1 unspecified atom stereocenters. The molecule has 1 nitrogen and oxygen atoms in total. The lowest BCUT2D eigenvalue weighted by Gasteiger charge is -2.19. The summed E-state index contributed by atoms with van der Waals surface area (Å²) in [5.74, 6) is 1.06. The van der Waals surface area contributed by atoms with Crippen molar-refractivity contribution in [2.45, 2.75) is 57.2 Å². The lowest BCUT2D eigenvalue weighted by Crippen LogP contribution is -2.08. The van der Waals surface area contributed by atoms with E-state index in [9.17, 15) is 0 Å². The predicted molar refractivity (Wildman–Crippen MR) is 77.6 cm³/mol. The first-order chi connectivity index (χ1) is 8.81. The van der Waals surface area contributed by atoms with E-state index < -0.39 is 0 Å². The third kappa shape index (κ3) is 3.65. The van der Waals surface area contributed by atoms with Gasteiger partial charge in [0.1, 0.15) is 5.75 Å². The van der Waals surface area contributed by atoms with Crippen LogP contribution in [-0.4, -0.2) is 6.61 Å². The van der Waals surface area contributed by atoms with Gasteiger partial charge in [0.05, 0.1) is 12.0 Å². The standard InChI is InChI=1S/C16H23ClO/c1-2-3-4-5-8-15(17)13-9-10-16-14(12-13)7-6-11-18-16/h9-10,12,15H,2-8,11H2,1H3. The Kier molecular flexibility index (Phi) is 5.37. The normalized spacial score (nSPS) is 15.9. The number of halogens is 1. The molecule has 0 fully saturated rings. The van der Waals surface area contributed by atoms with Gasteiger partial charge in [-0.1, -0.05) is 44.7 Å². The molecule has 0 aromatic heterocycles. The van der Waals surface area contributed by atoms with Crippen LogP contribution in [0, 0.1) is 0 Å². The maximum Gasteiger partial charge on any atom is 0.122 e. The maximum absolute atomic E-state index is 6.49. The van der Waals surface area contributed by atoms with Crippen LogP contribution in [0.25, 0.3) is 0 Å². The van der Waals surface area contributed by atoms with Crippen molar-refractivity contribution in [1.29, 1.82) is 0 Å². The van der Waals surface area contributed by atoms with Gasteiger partial charge < -0.3 is 4.74 Å². The molecule has 1 aromatic rings. The fourth-order valence-corrected chi connectivity index (χ4v) is 2.78. The Morgan fingerprint density at radius 3 is 3.00 bits per heavy atom. The minimum atomic E-state index is 0.161. The van der Waals surface area contributed by atoms with Gasteiger partial charge in [-0.2, -0.15) is 0 Å². The van der Waals surface area contributed by atoms with Crippen LogP contribution < -0.4 is 4.74 Å². The van der Waals surface area contributed by atoms with E-state index in [2.05, 4.69) is 25.1 Å². The van der Waals surface area contributed by atoms with Crippen LogP contribution in [0.1, 0.15) is 62.0 Å². The molecule has 2 heteroatoms. The second-order valence-electron chi connectivity index (χ2n) is 5.14. The number of alkyl halides is 1. The molecule has 1 aliphatic rings. The molecule has 0 aliphatic carbocycles. The molecule has 0 bridgehead atoms. The molecule has 100 valence electrons. The van der Waals surface area contributed by atoms with E-state index in [1.165, 1.54) is 36.8 Å². The highest BCUT2D eigenvalue weighted by Gasteiger charge is 2.14. The molecule has 0 N–H and O–H groups in total. The fraction of sp³-hybridized carbons (Fsp3) is 0.625. The molecular weight excluding hydrogens is 244 g/mol. The molecule has 0 spiro atoms. The zero-order valence-electron chi connectivity index (χ0n) is 11.3. The van der Waals surface area contributed by atoms with Gasteiger partial charge >= 0.3 is 0 Å². The Bertz CT molecular complexity index is 375. The van der Waals surface area contributed by atoms with Gasteiger partial charge in [0.15, 0.2) is 0 Å². The molecule has 0 saturated heterocycles. The van der Waals surface area contributed by atoms with Crippen molar-refractivity contribution in [2.24, 2.45) is 0 Å². The summed E-state index contributed by atoms with van der Waals surface area (Å²) in [6, 6.07) is 6.46. The van der Waals surface area contributed by atoms with E-state index in [1.54, 1.807) is 0 Å². The monoisotopic (exact) mass is 266 g/mol. The first-order valence-corrected chi connectivity index (χ1v) is 7.64. The molecule has 0 amide bonds. The summed E-state index contributed by atoms with van der Waals surface area (Å²) in [6.45, 7) is 3.09. The minimum absolute atomic E-state index is 0.161. The number of hydrogen-bond donors (Lipinski definition) is 0. The molecule has 1 aliphatic heterocycles. The average molecular weight is 267 g/mol. The third-order valence-corrected chi connectivity index (χ3v) is 4.08. The van der Waals surface area contributed by atoms with E-state index in [4.69, 9.17) is 16.3 Å². The van der Waals surface area contributed by atoms with Crippen LogP contribution in [0.2, 0.25) is 0 Å². The fourth-order valence-electron chi connectivity index (χ4n) is 2.49. The first kappa shape index (κ1) is 13.7. The zero-order valence-corrected chi connectivity index (χ0v) is 12.0. The van der Waals surface area contributed by atoms with Crippen molar-refractivity contribution in [3.05, 3.63) is 29.3 Å². The molecule has 0 saturated carbocycles. The lowest BCUT2D eigenvalue weighted by atomic mass is 9.99. The van der Waals surface area contributed by atoms with Crippen LogP contribution >= 0.6 is 11.6 Å². The van der Waals surface area contributed by atoms with Gasteiger partial charge in [-0.05, 0) is 36.5 Å². The number of fused-ring (bicyclic) bond motifs is 1. The Morgan fingerprint density at radius 2 is 2.17 bits per heavy atom. The van der Waals surface area contributed by atoms with Crippen LogP contribution in [0.3, 0.4) is 0 Å². The summed E-state index contributed by atoms with van der Waals surface area (Å²) in [4.78, 5) is 0. The summed E-state index contributed by atoms with van der Waals surface area (Å²) in [5, 5.41) is 0.161. The lowest BCUT2D eigenvalue weighted by molar-refractivity contribution is 0.288. The van der Waals surface area contributed by atoms with Gasteiger partial charge in [-0.15, -0.1) is 11.6 Å². The van der Waals surface area contributed by atoms with Crippen molar-refractivity contribution < 1.29 is 4.74 Å². The Morgan fingerprint density at radius 1 is 1.28 bits per heavy atom. The highest BCUT2D eigenvalue weighted by Crippen LogP contribution is 2.32. The maximum atomic E-state index is 6.49. The highest BCUT2D eigenvalue weighted by atomic mass is 35.5. The molecule has 1 aromatic carbocycles. The van der Waals surface area contributed by atoms with Crippen LogP contribution in [0.15, 0.2) is 18.2 Å². The Hall–Kier alpha value is -0.690. The first-order valence-electron chi connectivity index (χ1n) is 7.21. The van der Waals surface area contributed by atoms with Crippen molar-refractivity contribution in [3.63, 3.8) is 0 Å². The van der Waals surface area contributed by atoms with E-state index >= 15 is 0 Å². The average Bonchev–Trinajstić information content (AvgIpc) is 2.43. The smallest absolute Gasteiger partial charge is 0.122 e. The Labute approximate surface area is 115 Å². The third-order valence-electron chi connectivity index (χ3n) is 3.61. The number of hydrogen-bond acceptors (Lipinski definition) is 1. The molecule has 2 rings (SSSR count). The Balaban J connectivity index is 1.91. The zero-order chi connectivity index (χ0) is 12.8. The quantitative estimate of drug-likeness (QED) is 0.504. The van der Waals surface area contributed by atoms with Crippen molar-refractivity contribution in [2.75, 3.05) is 6.61 Å². The van der Waals surface area contributed by atoms with Gasteiger partial charge in [0.2, 0.25) is 0 Å². The van der Waals surface area contributed by atoms with E-state index in [0.29, 0.717) is 0 Å². The van der Waals surface area contributed by atoms with E-state index in [1.807, 2.05) is 0 Å². The highest BCUT2D eigenvalue weighted by molar-refractivity contribution is 6.20. The number of ether oxygens (including phenoxy) is 1. The summed E-state index contributed by atoms with van der Waals surface area (Å²) >= 11 is 6.49. The van der Waals surface area contributed by atoms with Crippen molar-refractivity contribution >= 4 is 11.6 Å². The van der Waals surface area contributed by atoms with Gasteiger partial charge in [-0.25, -0.2) is 0 Å². The minimum Gasteiger partial charge on any atom is -0.493 e. The van der Waals surface area contributed by atoms with E-state index in [0.717, 1.165) is 31.6 Å². The van der Waals surface area contributed by atoms with Crippen LogP contribution in [-0.2, 0) is 6.42 Å². The predicted octanol–water partition coefficient (Wildman–Crippen LogP) is 5.26. The second-order valence-corrected chi connectivity index (χ2v) is 5.66. The summed E-state index contributed by atoms with van der Waals surface area (Å²) in [6.07, 6.45) is 8.47. The number of aryl methyl sites for hydroxylation is 1. The van der Waals surface area contributed by atoms with E-state index in [-0.39, 0.29) is 5.38 Å². The molecule has 18 heavy (non-hydrogen) atoms. The van der Waals surface area contributed by atoms with Crippen LogP contribution in [0.5, 0.6) is 5.75 Å². The molecular formula is C16H23ClO. The number of rotatable bonds is 6. The van der Waals surface area contributed by atoms with Gasteiger partial charge in [-0.3, -0.25) is 0 Å². The summed E-state index contributed by atoms with van der Waals surface area (Å²) in [7, 11) is 0. The second kappa shape index (κ2) is 7.04. The van der Waals surface area contributed by atoms with Crippen molar-refractivity contribution in [3.8, 4) is 5.75 Å². The molecule has 1 atom stereocenters. The topological polar surface area (TPSA) is 9.23 Å². The number of benzene rings is 1. The SMILES string of the molecule is CCCCCCC(Cl)c1ccc2c(c1)CCCO2. The van der Waals surface area contributed by atoms with Crippen molar-refractivity contribution in [1.82, 2.24) is 0 Å². The molecule has 1 heterocycles. The largest absolute Gasteiger partial charge is 0.493 e. The summed E-state index contributed by atoms with van der Waals surface area (Å²) < 4.78 is 5.63. The number of unbranched alkanes of at least 4 members (excludes halogenated alkanes) is 3. The van der Waals surface area contributed by atoms with Gasteiger partial charge in [0, 0.05) is 0 Å². The molecule has 0 radical (unpaired) electrons.